The third-order valence-corrected chi connectivity index (χ3v) is 4.89. The van der Waals surface area contributed by atoms with Crippen molar-refractivity contribution in [3.05, 3.63) is 54.0 Å². The smallest absolute Gasteiger partial charge is 0.256 e. The van der Waals surface area contributed by atoms with Gasteiger partial charge in [-0.05, 0) is 18.9 Å². The molecule has 1 aromatic carbocycles. The van der Waals surface area contributed by atoms with E-state index in [2.05, 4.69) is 32.2 Å². The molecule has 1 aliphatic rings. The minimum atomic E-state index is 0.227. The van der Waals surface area contributed by atoms with E-state index in [9.17, 15) is 4.79 Å². The van der Waals surface area contributed by atoms with E-state index in [-0.39, 0.29) is 5.91 Å². The highest BCUT2D eigenvalue weighted by molar-refractivity contribution is 5.76. The number of nitrogens with zero attached hydrogens (tertiary/aromatic N) is 6. The molecule has 0 N–H and O–H groups in total. The molecule has 0 spiro atoms. The first-order valence-corrected chi connectivity index (χ1v) is 8.95. The molecular formula is C19H22N6O. The highest BCUT2D eigenvalue weighted by Gasteiger charge is 2.22. The summed E-state index contributed by atoms with van der Waals surface area (Å²) in [6, 6.07) is 12.2. The standard InChI is InChI=1S/C19H22N6O/c1-15-13-17(21-19-22-20-14-25(15)19)23-9-11-24(12-10-23)18(26)8-7-16-5-3-2-4-6-16/h2-6,13-14H,7-12H2,1H3. The summed E-state index contributed by atoms with van der Waals surface area (Å²) in [6.45, 7) is 5.05. The lowest BCUT2D eigenvalue weighted by Gasteiger charge is -2.35. The molecule has 1 fully saturated rings. The van der Waals surface area contributed by atoms with E-state index in [4.69, 9.17) is 0 Å². The van der Waals surface area contributed by atoms with Crippen molar-refractivity contribution in [2.75, 3.05) is 31.1 Å². The second-order valence-corrected chi connectivity index (χ2v) is 6.61. The van der Waals surface area contributed by atoms with Crippen LogP contribution in [0.15, 0.2) is 42.7 Å². The number of hydrogen-bond donors (Lipinski definition) is 0. The van der Waals surface area contributed by atoms with E-state index >= 15 is 0 Å². The lowest BCUT2D eigenvalue weighted by Crippen LogP contribution is -2.49. The summed E-state index contributed by atoms with van der Waals surface area (Å²) in [4.78, 5) is 21.2. The average Bonchev–Trinajstić information content (AvgIpc) is 3.16. The fourth-order valence-electron chi connectivity index (χ4n) is 3.35. The van der Waals surface area contributed by atoms with E-state index < -0.39 is 0 Å². The van der Waals surface area contributed by atoms with Gasteiger partial charge in [0, 0.05) is 44.4 Å². The number of carbonyl (C=O) groups is 1. The van der Waals surface area contributed by atoms with Gasteiger partial charge in [0.25, 0.3) is 5.78 Å². The van der Waals surface area contributed by atoms with Crippen molar-refractivity contribution in [3.63, 3.8) is 0 Å². The molecule has 0 atom stereocenters. The van der Waals surface area contributed by atoms with Crippen LogP contribution in [0.25, 0.3) is 5.78 Å². The summed E-state index contributed by atoms with van der Waals surface area (Å²) >= 11 is 0. The lowest BCUT2D eigenvalue weighted by molar-refractivity contribution is -0.131. The molecule has 1 saturated heterocycles. The van der Waals surface area contributed by atoms with Gasteiger partial charge in [-0.15, -0.1) is 10.2 Å². The summed E-state index contributed by atoms with van der Waals surface area (Å²) < 4.78 is 1.87. The Morgan fingerprint density at radius 3 is 2.65 bits per heavy atom. The summed E-state index contributed by atoms with van der Waals surface area (Å²) in [7, 11) is 0. The van der Waals surface area contributed by atoms with Crippen molar-refractivity contribution >= 4 is 17.5 Å². The van der Waals surface area contributed by atoms with Gasteiger partial charge < -0.3 is 9.80 Å². The van der Waals surface area contributed by atoms with Crippen LogP contribution in [-0.2, 0) is 11.2 Å². The molecule has 3 aromatic rings. The number of anilines is 1. The topological polar surface area (TPSA) is 66.6 Å². The molecule has 0 aliphatic carbocycles. The second kappa shape index (κ2) is 7.11. The van der Waals surface area contributed by atoms with Crippen LogP contribution in [0.5, 0.6) is 0 Å². The van der Waals surface area contributed by atoms with Gasteiger partial charge in [-0.3, -0.25) is 9.20 Å². The summed E-state index contributed by atoms with van der Waals surface area (Å²) in [5.41, 5.74) is 2.26. The van der Waals surface area contributed by atoms with Gasteiger partial charge >= 0.3 is 0 Å². The maximum Gasteiger partial charge on any atom is 0.256 e. The number of piperazine rings is 1. The molecule has 0 saturated carbocycles. The third kappa shape index (κ3) is 3.37. The maximum atomic E-state index is 12.5. The predicted molar refractivity (Wildman–Crippen MR) is 99.1 cm³/mol. The first kappa shape index (κ1) is 16.5. The largest absolute Gasteiger partial charge is 0.353 e. The molecule has 7 nitrogen and oxygen atoms in total. The van der Waals surface area contributed by atoms with Crippen molar-refractivity contribution in [2.24, 2.45) is 0 Å². The SMILES string of the molecule is Cc1cc(N2CCN(C(=O)CCc3ccccc3)CC2)nc2nncn12. The van der Waals surface area contributed by atoms with Crippen molar-refractivity contribution < 1.29 is 4.79 Å². The molecule has 2 aromatic heterocycles. The van der Waals surface area contributed by atoms with E-state index in [1.807, 2.05) is 40.5 Å². The van der Waals surface area contributed by atoms with Crippen molar-refractivity contribution in [1.29, 1.82) is 0 Å². The normalized spacial score (nSPS) is 14.8. The number of benzene rings is 1. The van der Waals surface area contributed by atoms with Gasteiger partial charge in [0.15, 0.2) is 0 Å². The zero-order valence-corrected chi connectivity index (χ0v) is 14.9. The zero-order valence-electron chi connectivity index (χ0n) is 14.9. The number of aryl methyl sites for hydroxylation is 2. The van der Waals surface area contributed by atoms with Crippen LogP contribution in [0, 0.1) is 6.92 Å². The van der Waals surface area contributed by atoms with Crippen LogP contribution >= 0.6 is 0 Å². The minimum absolute atomic E-state index is 0.227. The number of carbonyl (C=O) groups excluding carboxylic acids is 1. The van der Waals surface area contributed by atoms with Gasteiger partial charge in [-0.1, -0.05) is 30.3 Å². The lowest BCUT2D eigenvalue weighted by atomic mass is 10.1. The fourth-order valence-corrected chi connectivity index (χ4v) is 3.35. The van der Waals surface area contributed by atoms with Crippen LogP contribution in [-0.4, -0.2) is 56.6 Å². The molecule has 0 bridgehead atoms. The quantitative estimate of drug-likeness (QED) is 0.717. The Morgan fingerprint density at radius 2 is 1.88 bits per heavy atom. The zero-order chi connectivity index (χ0) is 17.9. The molecule has 0 unspecified atom stereocenters. The Hall–Kier alpha value is -2.96. The molecule has 1 aliphatic heterocycles. The van der Waals surface area contributed by atoms with Gasteiger partial charge in [-0.25, -0.2) is 0 Å². The first-order chi connectivity index (χ1) is 12.7. The Balaban J connectivity index is 1.35. The Kier molecular flexibility index (Phi) is 4.51. The van der Waals surface area contributed by atoms with Crippen LogP contribution in [0.3, 0.4) is 0 Å². The third-order valence-electron chi connectivity index (χ3n) is 4.89. The number of hydrogen-bond acceptors (Lipinski definition) is 5. The van der Waals surface area contributed by atoms with E-state index in [0.29, 0.717) is 12.2 Å². The van der Waals surface area contributed by atoms with E-state index in [0.717, 1.165) is 44.1 Å². The molecule has 134 valence electrons. The molecule has 4 rings (SSSR count). The van der Waals surface area contributed by atoms with Gasteiger partial charge in [0.2, 0.25) is 5.91 Å². The summed E-state index contributed by atoms with van der Waals surface area (Å²) in [5.74, 6) is 1.74. The highest BCUT2D eigenvalue weighted by atomic mass is 16.2. The number of aromatic nitrogens is 4. The van der Waals surface area contributed by atoms with Gasteiger partial charge in [0.05, 0.1) is 0 Å². The van der Waals surface area contributed by atoms with Gasteiger partial charge in [-0.2, -0.15) is 4.98 Å². The van der Waals surface area contributed by atoms with Gasteiger partial charge in [0.1, 0.15) is 12.1 Å². The molecule has 3 heterocycles. The average molecular weight is 350 g/mol. The molecule has 1 amide bonds. The molecule has 0 radical (unpaired) electrons. The van der Waals surface area contributed by atoms with E-state index in [1.165, 1.54) is 5.56 Å². The summed E-state index contributed by atoms with van der Waals surface area (Å²) in [5, 5.41) is 7.95. The number of amides is 1. The first-order valence-electron chi connectivity index (χ1n) is 8.95. The van der Waals surface area contributed by atoms with Crippen molar-refractivity contribution in [3.8, 4) is 0 Å². The maximum absolute atomic E-state index is 12.5. The summed E-state index contributed by atoms with van der Waals surface area (Å²) in [6.07, 6.45) is 3.03. The fraction of sp³-hybridized carbons (Fsp3) is 0.368. The van der Waals surface area contributed by atoms with Crippen LogP contribution < -0.4 is 4.90 Å². The number of rotatable bonds is 4. The Morgan fingerprint density at radius 1 is 1.12 bits per heavy atom. The number of fused-ring (bicyclic) bond motifs is 1. The monoisotopic (exact) mass is 350 g/mol. The molecule has 7 heteroatoms. The molecular weight excluding hydrogens is 328 g/mol. The minimum Gasteiger partial charge on any atom is -0.353 e. The van der Waals surface area contributed by atoms with Crippen molar-refractivity contribution in [2.45, 2.75) is 19.8 Å². The van der Waals surface area contributed by atoms with E-state index in [1.54, 1.807) is 6.33 Å². The Bertz CT molecular complexity index is 899. The van der Waals surface area contributed by atoms with Crippen molar-refractivity contribution in [1.82, 2.24) is 24.5 Å². The Labute approximate surface area is 152 Å². The second-order valence-electron chi connectivity index (χ2n) is 6.61. The van der Waals surface area contributed by atoms with Crippen LogP contribution in [0.4, 0.5) is 5.82 Å². The molecule has 26 heavy (non-hydrogen) atoms. The van der Waals surface area contributed by atoms with Crippen LogP contribution in [0.1, 0.15) is 17.7 Å². The predicted octanol–water partition coefficient (Wildman–Crippen LogP) is 1.71. The highest BCUT2D eigenvalue weighted by Crippen LogP contribution is 2.17. The van der Waals surface area contributed by atoms with Crippen LogP contribution in [0.2, 0.25) is 0 Å².